The number of carbonyl (C=O) groups is 1. The number of hydrogen-bond acceptors (Lipinski definition) is 4. The number of benzene rings is 2. The molecule has 1 amide bonds. The SMILES string of the molecule is Cc1cnn(CCCNC(=O)c2cccc(NS(=O)(=O)c3cc(C(C)(C)C)ccc3C)c2)c1. The number of anilines is 1. The van der Waals surface area contributed by atoms with Gasteiger partial charge in [0.05, 0.1) is 11.1 Å². The average Bonchev–Trinajstić information content (AvgIpc) is 3.15. The third-order valence-electron chi connectivity index (χ3n) is 5.33. The lowest BCUT2D eigenvalue weighted by Crippen LogP contribution is -2.25. The predicted octanol–water partition coefficient (Wildman–Crippen LogP) is 4.42. The number of aromatic nitrogens is 2. The van der Waals surface area contributed by atoms with Crippen LogP contribution in [0.15, 0.2) is 59.8 Å². The molecule has 7 nitrogen and oxygen atoms in total. The summed E-state index contributed by atoms with van der Waals surface area (Å²) in [5.41, 5.74) is 3.26. The minimum absolute atomic E-state index is 0.174. The van der Waals surface area contributed by atoms with Crippen molar-refractivity contribution in [3.63, 3.8) is 0 Å². The van der Waals surface area contributed by atoms with Crippen molar-refractivity contribution >= 4 is 21.6 Å². The van der Waals surface area contributed by atoms with Gasteiger partial charge in [-0.3, -0.25) is 14.2 Å². The number of nitrogens with one attached hydrogen (secondary N) is 2. The van der Waals surface area contributed by atoms with E-state index in [2.05, 4.69) is 15.1 Å². The summed E-state index contributed by atoms with van der Waals surface area (Å²) in [4.78, 5) is 12.8. The second-order valence-electron chi connectivity index (χ2n) is 9.31. The highest BCUT2D eigenvalue weighted by Crippen LogP contribution is 2.28. The lowest BCUT2D eigenvalue weighted by molar-refractivity contribution is 0.0952. The Kier molecular flexibility index (Phi) is 7.27. The molecule has 3 aromatic rings. The van der Waals surface area contributed by atoms with Crippen LogP contribution in [-0.2, 0) is 22.0 Å². The summed E-state index contributed by atoms with van der Waals surface area (Å²) in [5, 5.41) is 7.10. The summed E-state index contributed by atoms with van der Waals surface area (Å²) >= 11 is 0. The lowest BCUT2D eigenvalue weighted by atomic mass is 9.87. The molecule has 0 unspecified atom stereocenters. The summed E-state index contributed by atoms with van der Waals surface area (Å²) in [7, 11) is -3.81. The Hall–Kier alpha value is -3.13. The summed E-state index contributed by atoms with van der Waals surface area (Å²) in [6, 6.07) is 12.0. The number of hydrogen-bond donors (Lipinski definition) is 2. The maximum atomic E-state index is 13.1. The Labute approximate surface area is 196 Å². The van der Waals surface area contributed by atoms with Crippen LogP contribution in [0.3, 0.4) is 0 Å². The largest absolute Gasteiger partial charge is 0.352 e. The standard InChI is InChI=1S/C25H32N4O3S/c1-18-16-27-29(17-18)13-7-12-26-24(30)20-8-6-9-22(14-20)28-33(31,32)23-15-21(25(3,4)5)11-10-19(23)2/h6,8-11,14-17,28H,7,12-13H2,1-5H3,(H,26,30). The van der Waals surface area contributed by atoms with Gasteiger partial charge in [0.2, 0.25) is 0 Å². The molecular formula is C25H32N4O3S. The van der Waals surface area contributed by atoms with Crippen LogP contribution in [0.25, 0.3) is 0 Å². The maximum absolute atomic E-state index is 13.1. The van der Waals surface area contributed by atoms with E-state index >= 15 is 0 Å². The molecule has 0 radical (unpaired) electrons. The van der Waals surface area contributed by atoms with Gasteiger partial charge in [-0.05, 0) is 66.6 Å². The molecular weight excluding hydrogens is 436 g/mol. The summed E-state index contributed by atoms with van der Waals surface area (Å²) in [6.45, 7) is 11.1. The first-order valence-corrected chi connectivity index (χ1v) is 12.5. The number of nitrogens with zero attached hydrogens (tertiary/aromatic N) is 2. The van der Waals surface area contributed by atoms with E-state index in [1.165, 1.54) is 0 Å². The van der Waals surface area contributed by atoms with Crippen LogP contribution in [0.5, 0.6) is 0 Å². The smallest absolute Gasteiger partial charge is 0.262 e. The molecule has 176 valence electrons. The fourth-order valence-corrected chi connectivity index (χ4v) is 4.75. The number of carbonyl (C=O) groups excluding carboxylic acids is 1. The molecule has 3 rings (SSSR count). The van der Waals surface area contributed by atoms with Gasteiger partial charge < -0.3 is 5.32 Å². The second kappa shape index (κ2) is 9.79. The zero-order chi connectivity index (χ0) is 24.2. The van der Waals surface area contributed by atoms with Crippen LogP contribution in [0, 0.1) is 13.8 Å². The number of rotatable bonds is 8. The van der Waals surface area contributed by atoms with Gasteiger partial charge in [0, 0.05) is 30.5 Å². The van der Waals surface area contributed by atoms with Gasteiger partial charge in [-0.2, -0.15) is 5.10 Å². The van der Waals surface area contributed by atoms with Crippen LogP contribution in [0.4, 0.5) is 5.69 Å². The molecule has 0 saturated heterocycles. The van der Waals surface area contributed by atoms with E-state index < -0.39 is 10.0 Å². The van der Waals surface area contributed by atoms with Crippen molar-refractivity contribution in [1.29, 1.82) is 0 Å². The third-order valence-corrected chi connectivity index (χ3v) is 6.86. The average molecular weight is 469 g/mol. The van der Waals surface area contributed by atoms with Crippen molar-refractivity contribution in [3.8, 4) is 0 Å². The Morgan fingerprint density at radius 1 is 1.09 bits per heavy atom. The molecule has 33 heavy (non-hydrogen) atoms. The van der Waals surface area contributed by atoms with E-state index in [0.717, 1.165) is 17.5 Å². The third kappa shape index (κ3) is 6.44. The van der Waals surface area contributed by atoms with Crippen LogP contribution < -0.4 is 10.0 Å². The van der Waals surface area contributed by atoms with Crippen molar-refractivity contribution in [2.45, 2.75) is 57.9 Å². The van der Waals surface area contributed by atoms with Crippen molar-refractivity contribution in [3.05, 3.63) is 77.1 Å². The molecule has 1 heterocycles. The fraction of sp³-hybridized carbons (Fsp3) is 0.360. The topological polar surface area (TPSA) is 93.1 Å². The zero-order valence-electron chi connectivity index (χ0n) is 19.8. The summed E-state index contributed by atoms with van der Waals surface area (Å²) < 4.78 is 30.7. The molecule has 0 fully saturated rings. The molecule has 0 saturated carbocycles. The first-order valence-electron chi connectivity index (χ1n) is 11.0. The van der Waals surface area contributed by atoms with E-state index in [1.807, 2.05) is 50.7 Å². The van der Waals surface area contributed by atoms with Gasteiger partial charge in [-0.25, -0.2) is 8.42 Å². The van der Waals surface area contributed by atoms with E-state index in [0.29, 0.717) is 29.9 Å². The van der Waals surface area contributed by atoms with Gasteiger partial charge in [0.15, 0.2) is 0 Å². The Morgan fingerprint density at radius 3 is 2.52 bits per heavy atom. The molecule has 0 bridgehead atoms. The minimum atomic E-state index is -3.81. The number of amides is 1. The maximum Gasteiger partial charge on any atom is 0.262 e. The minimum Gasteiger partial charge on any atom is -0.352 e. The Bertz CT molecular complexity index is 1240. The Balaban J connectivity index is 1.67. The van der Waals surface area contributed by atoms with E-state index in [9.17, 15) is 13.2 Å². The van der Waals surface area contributed by atoms with Crippen molar-refractivity contribution in [1.82, 2.24) is 15.1 Å². The number of aryl methyl sites for hydroxylation is 3. The first-order chi connectivity index (χ1) is 15.5. The Morgan fingerprint density at radius 2 is 1.85 bits per heavy atom. The summed E-state index contributed by atoms with van der Waals surface area (Å²) in [5.74, 6) is -0.251. The molecule has 0 aliphatic rings. The summed E-state index contributed by atoms with van der Waals surface area (Å²) in [6.07, 6.45) is 4.49. The molecule has 0 aliphatic heterocycles. The molecule has 0 spiro atoms. The van der Waals surface area contributed by atoms with Crippen LogP contribution in [0.2, 0.25) is 0 Å². The highest BCUT2D eigenvalue weighted by atomic mass is 32.2. The van der Waals surface area contributed by atoms with Gasteiger partial charge in [0.1, 0.15) is 0 Å². The quantitative estimate of drug-likeness (QED) is 0.479. The van der Waals surface area contributed by atoms with Crippen LogP contribution in [0.1, 0.15) is 54.2 Å². The van der Waals surface area contributed by atoms with Crippen molar-refractivity contribution in [2.75, 3.05) is 11.3 Å². The fourth-order valence-electron chi connectivity index (χ4n) is 3.42. The highest BCUT2D eigenvalue weighted by molar-refractivity contribution is 7.92. The second-order valence-corrected chi connectivity index (χ2v) is 11.0. The molecule has 8 heteroatoms. The molecule has 2 N–H and O–H groups in total. The zero-order valence-corrected chi connectivity index (χ0v) is 20.7. The van der Waals surface area contributed by atoms with Crippen LogP contribution in [-0.4, -0.2) is 30.7 Å². The van der Waals surface area contributed by atoms with E-state index in [1.54, 1.807) is 43.5 Å². The molecule has 2 aromatic carbocycles. The predicted molar refractivity (Wildman–Crippen MR) is 131 cm³/mol. The molecule has 1 aromatic heterocycles. The van der Waals surface area contributed by atoms with E-state index in [4.69, 9.17) is 0 Å². The van der Waals surface area contributed by atoms with Crippen LogP contribution >= 0.6 is 0 Å². The van der Waals surface area contributed by atoms with Crippen molar-refractivity contribution < 1.29 is 13.2 Å². The van der Waals surface area contributed by atoms with Gasteiger partial charge in [0.25, 0.3) is 15.9 Å². The molecule has 0 atom stereocenters. The highest BCUT2D eigenvalue weighted by Gasteiger charge is 2.22. The first kappa shape index (κ1) is 24.5. The lowest BCUT2D eigenvalue weighted by Gasteiger charge is -2.21. The monoisotopic (exact) mass is 468 g/mol. The van der Waals surface area contributed by atoms with Gasteiger partial charge >= 0.3 is 0 Å². The molecule has 0 aliphatic carbocycles. The van der Waals surface area contributed by atoms with E-state index in [-0.39, 0.29) is 16.2 Å². The normalized spacial score (nSPS) is 11.9. The van der Waals surface area contributed by atoms with Gasteiger partial charge in [-0.15, -0.1) is 0 Å². The number of sulfonamides is 1. The van der Waals surface area contributed by atoms with Gasteiger partial charge in [-0.1, -0.05) is 39.0 Å². The van der Waals surface area contributed by atoms with Crippen molar-refractivity contribution in [2.24, 2.45) is 0 Å².